The Hall–Kier alpha value is -1.79. The fourth-order valence-corrected chi connectivity index (χ4v) is 6.96. The number of hydrogen-bond donors (Lipinski definition) is 1. The SMILES string of the molecule is CC[C@H]1OC(=O)[C@H](C)C(=O)[C@H](C)[C@@H](O[C@@H]2O[C@H](C)CC(N(C)C)C2C)[C@](C)(OC)C[C@@H](C)COC[C@H]2NC(=O)O[C@@]21C. The van der Waals surface area contributed by atoms with E-state index in [0.717, 1.165) is 6.42 Å². The molecule has 11 nitrogen and oxygen atoms in total. The number of carbonyl (C=O) groups is 3. The monoisotopic (exact) mass is 598 g/mol. The highest BCUT2D eigenvalue weighted by Crippen LogP contribution is 2.38. The Morgan fingerprint density at radius 2 is 1.71 bits per heavy atom. The highest BCUT2D eigenvalue weighted by Gasteiger charge is 2.54. The number of alkyl carbamates (subject to hydrolysis) is 1. The van der Waals surface area contributed by atoms with Crippen LogP contribution < -0.4 is 5.32 Å². The zero-order valence-electron chi connectivity index (χ0n) is 27.4. The maximum absolute atomic E-state index is 14.0. The molecule has 11 heteroatoms. The maximum Gasteiger partial charge on any atom is 0.408 e. The van der Waals surface area contributed by atoms with Crippen molar-refractivity contribution in [3.63, 3.8) is 0 Å². The molecule has 3 rings (SSSR count). The maximum atomic E-state index is 14.0. The van der Waals surface area contributed by atoms with Crippen LogP contribution in [-0.4, -0.2) is 105 Å². The summed E-state index contributed by atoms with van der Waals surface area (Å²) in [5.74, 6) is -2.76. The number of fused-ring (bicyclic) bond motifs is 1. The molecular formula is C31H54N2O9. The Morgan fingerprint density at radius 3 is 2.31 bits per heavy atom. The summed E-state index contributed by atoms with van der Waals surface area (Å²) in [5.41, 5.74) is -2.07. The van der Waals surface area contributed by atoms with Gasteiger partial charge in [0.25, 0.3) is 0 Å². The van der Waals surface area contributed by atoms with Crippen molar-refractivity contribution in [2.24, 2.45) is 23.7 Å². The van der Waals surface area contributed by atoms with E-state index < -0.39 is 59.6 Å². The summed E-state index contributed by atoms with van der Waals surface area (Å²) in [7, 11) is 5.72. The number of cyclic esters (lactones) is 1. The van der Waals surface area contributed by atoms with Gasteiger partial charge in [-0.2, -0.15) is 0 Å². The van der Waals surface area contributed by atoms with Gasteiger partial charge in [-0.15, -0.1) is 0 Å². The number of amides is 1. The van der Waals surface area contributed by atoms with Crippen LogP contribution in [0.5, 0.6) is 0 Å². The molecule has 1 amide bonds. The molecule has 3 aliphatic rings. The van der Waals surface area contributed by atoms with Gasteiger partial charge in [0, 0.05) is 31.6 Å². The van der Waals surface area contributed by atoms with Crippen LogP contribution >= 0.6 is 0 Å². The van der Waals surface area contributed by atoms with E-state index in [9.17, 15) is 14.4 Å². The molecule has 0 saturated carbocycles. The number of ether oxygens (including phenoxy) is 6. The summed E-state index contributed by atoms with van der Waals surface area (Å²) in [6.07, 6.45) is -0.925. The van der Waals surface area contributed by atoms with E-state index in [1.165, 1.54) is 0 Å². The Morgan fingerprint density at radius 1 is 1.05 bits per heavy atom. The molecule has 0 aromatic carbocycles. The van der Waals surface area contributed by atoms with E-state index in [1.54, 1.807) is 27.9 Å². The van der Waals surface area contributed by atoms with Gasteiger partial charge in [0.1, 0.15) is 12.0 Å². The number of carbonyl (C=O) groups excluding carboxylic acids is 3. The van der Waals surface area contributed by atoms with Crippen molar-refractivity contribution in [2.45, 2.75) is 123 Å². The normalized spacial score (nSPS) is 44.4. The summed E-state index contributed by atoms with van der Waals surface area (Å²) in [6.45, 7) is 15.6. The van der Waals surface area contributed by atoms with Crippen molar-refractivity contribution >= 4 is 17.8 Å². The van der Waals surface area contributed by atoms with Crippen molar-refractivity contribution in [3.05, 3.63) is 0 Å². The zero-order valence-corrected chi connectivity index (χ0v) is 27.4. The summed E-state index contributed by atoms with van der Waals surface area (Å²) in [4.78, 5) is 41.9. The Bertz CT molecular complexity index is 963. The number of esters is 1. The molecule has 0 radical (unpaired) electrons. The molecule has 3 aliphatic heterocycles. The highest BCUT2D eigenvalue weighted by atomic mass is 16.7. The van der Waals surface area contributed by atoms with Crippen molar-refractivity contribution in [1.82, 2.24) is 10.2 Å². The lowest BCUT2D eigenvalue weighted by Crippen LogP contribution is -2.56. The number of rotatable bonds is 5. The van der Waals surface area contributed by atoms with Gasteiger partial charge >= 0.3 is 12.1 Å². The quantitative estimate of drug-likeness (QED) is 0.371. The van der Waals surface area contributed by atoms with Crippen LogP contribution in [0.2, 0.25) is 0 Å². The molecule has 0 aromatic heterocycles. The minimum Gasteiger partial charge on any atom is -0.458 e. The summed E-state index contributed by atoms with van der Waals surface area (Å²) in [5, 5.41) is 2.80. The fraction of sp³-hybridized carbons (Fsp3) is 0.903. The van der Waals surface area contributed by atoms with E-state index in [1.807, 2.05) is 20.8 Å². The second kappa shape index (κ2) is 13.9. The summed E-state index contributed by atoms with van der Waals surface area (Å²) in [6, 6.07) is -0.303. The molecule has 0 aromatic rings. The molecular weight excluding hydrogens is 544 g/mol. The molecule has 2 unspecified atom stereocenters. The van der Waals surface area contributed by atoms with E-state index in [-0.39, 0.29) is 36.4 Å². The third-order valence-corrected chi connectivity index (χ3v) is 9.68. The largest absolute Gasteiger partial charge is 0.458 e. The molecule has 0 aliphatic carbocycles. The van der Waals surface area contributed by atoms with Crippen LogP contribution in [0.4, 0.5) is 4.79 Å². The van der Waals surface area contributed by atoms with Gasteiger partial charge in [-0.3, -0.25) is 9.59 Å². The molecule has 242 valence electrons. The minimum absolute atomic E-state index is 0.00758. The number of nitrogens with one attached hydrogen (secondary N) is 1. The van der Waals surface area contributed by atoms with Gasteiger partial charge in [-0.25, -0.2) is 4.79 Å². The number of methoxy groups -OCH3 is 1. The van der Waals surface area contributed by atoms with Crippen LogP contribution in [0.3, 0.4) is 0 Å². The Balaban J connectivity index is 1.99. The van der Waals surface area contributed by atoms with Crippen LogP contribution in [0, 0.1) is 23.7 Å². The van der Waals surface area contributed by atoms with E-state index in [4.69, 9.17) is 28.4 Å². The predicted molar refractivity (Wildman–Crippen MR) is 156 cm³/mol. The molecule has 0 spiro atoms. The lowest BCUT2D eigenvalue weighted by atomic mass is 9.78. The Labute approximate surface area is 251 Å². The number of ketones is 1. The Kier molecular flexibility index (Phi) is 11.5. The first-order valence-corrected chi connectivity index (χ1v) is 15.4. The van der Waals surface area contributed by atoms with Gasteiger partial charge in [0.2, 0.25) is 0 Å². The van der Waals surface area contributed by atoms with Crippen molar-refractivity contribution in [1.29, 1.82) is 0 Å². The summed E-state index contributed by atoms with van der Waals surface area (Å²) >= 11 is 0. The topological polar surface area (TPSA) is 122 Å². The number of Topliss-reactive ketones (excluding diaryl/α,β-unsaturated/α-hetero) is 1. The van der Waals surface area contributed by atoms with Crippen molar-refractivity contribution < 1.29 is 42.8 Å². The third kappa shape index (κ3) is 7.29. The van der Waals surface area contributed by atoms with Gasteiger partial charge < -0.3 is 38.6 Å². The first kappa shape index (κ1) is 34.7. The van der Waals surface area contributed by atoms with Gasteiger partial charge in [0.05, 0.1) is 30.5 Å². The van der Waals surface area contributed by atoms with Gasteiger partial charge in [0.15, 0.2) is 17.7 Å². The van der Waals surface area contributed by atoms with Gasteiger partial charge in [-0.05, 0) is 67.0 Å². The summed E-state index contributed by atoms with van der Waals surface area (Å²) < 4.78 is 36.9. The molecule has 3 heterocycles. The van der Waals surface area contributed by atoms with Crippen LogP contribution in [0.25, 0.3) is 0 Å². The number of nitrogens with zero attached hydrogens (tertiary/aromatic N) is 1. The van der Waals surface area contributed by atoms with Crippen LogP contribution in [0.1, 0.15) is 74.7 Å². The number of hydrogen-bond acceptors (Lipinski definition) is 10. The molecule has 42 heavy (non-hydrogen) atoms. The molecule has 3 fully saturated rings. The van der Waals surface area contributed by atoms with Crippen molar-refractivity contribution in [2.75, 3.05) is 34.4 Å². The standard InChI is InChI=1S/C31H54N2O9/c1-12-24-31(8)23(32-29(36)42-31)16-38-15-17(2)14-30(7,37-11)26(20(5)25(34)21(6)27(35)40-24)41-28-19(4)22(33(9)10)13-18(3)39-28/h17-24,26,28H,12-16H2,1-11H3,(H,32,36)/t17-,18-,19?,20+,21-,22?,23-,24-,26-,28+,30-,31+/m1/s1. The average Bonchev–Trinajstić information content (AvgIpc) is 3.22. The van der Waals surface area contributed by atoms with Gasteiger partial charge in [-0.1, -0.05) is 27.7 Å². The van der Waals surface area contributed by atoms with Crippen LogP contribution in [0.15, 0.2) is 0 Å². The first-order valence-electron chi connectivity index (χ1n) is 15.4. The predicted octanol–water partition coefficient (Wildman–Crippen LogP) is 3.56. The first-order chi connectivity index (χ1) is 19.6. The molecule has 0 bridgehead atoms. The van der Waals surface area contributed by atoms with E-state index in [2.05, 4.69) is 38.2 Å². The lowest BCUT2D eigenvalue weighted by molar-refractivity contribution is -0.281. The lowest BCUT2D eigenvalue weighted by Gasteiger charge is -2.47. The average molecular weight is 599 g/mol. The highest BCUT2D eigenvalue weighted by molar-refractivity contribution is 6.00. The molecule has 1 N–H and O–H groups in total. The fourth-order valence-electron chi connectivity index (χ4n) is 6.96. The minimum atomic E-state index is -1.15. The van der Waals surface area contributed by atoms with Crippen molar-refractivity contribution in [3.8, 4) is 0 Å². The smallest absolute Gasteiger partial charge is 0.408 e. The zero-order chi connectivity index (χ0) is 31.6. The second-order valence-corrected chi connectivity index (χ2v) is 13.4. The second-order valence-electron chi connectivity index (χ2n) is 13.4. The van der Waals surface area contributed by atoms with Crippen LogP contribution in [-0.2, 0) is 38.0 Å². The molecule has 3 saturated heterocycles. The van der Waals surface area contributed by atoms with E-state index in [0.29, 0.717) is 19.4 Å². The molecule has 12 atom stereocenters. The third-order valence-electron chi connectivity index (χ3n) is 9.68. The van der Waals surface area contributed by atoms with E-state index >= 15 is 0 Å².